The second kappa shape index (κ2) is 5.90. The van der Waals surface area contributed by atoms with Crippen LogP contribution in [0.3, 0.4) is 0 Å². The molecule has 3 rings (SSSR count). The van der Waals surface area contributed by atoms with E-state index in [1.54, 1.807) is 0 Å². The minimum absolute atomic E-state index is 0.164. The van der Waals surface area contributed by atoms with E-state index in [0.29, 0.717) is 31.5 Å². The molecule has 1 aromatic rings. The smallest absolute Gasteiger partial charge is 0.231 e. The van der Waals surface area contributed by atoms with Crippen molar-refractivity contribution in [3.63, 3.8) is 0 Å². The van der Waals surface area contributed by atoms with Gasteiger partial charge in [-0.15, -0.1) is 0 Å². The number of nitrogens with one attached hydrogen (secondary N) is 1. The Morgan fingerprint density at radius 2 is 2.14 bits per heavy atom. The third-order valence-corrected chi connectivity index (χ3v) is 4.37. The molecule has 1 aromatic heterocycles. The van der Waals surface area contributed by atoms with Crippen molar-refractivity contribution in [2.45, 2.75) is 37.9 Å². The number of ether oxygens (including phenoxy) is 1. The summed E-state index contributed by atoms with van der Waals surface area (Å²) in [6, 6.07) is 0. The van der Waals surface area contributed by atoms with Gasteiger partial charge in [0.25, 0.3) is 0 Å². The molecule has 2 atom stereocenters. The fourth-order valence-corrected chi connectivity index (χ4v) is 2.87. The van der Waals surface area contributed by atoms with Crippen LogP contribution in [0.1, 0.15) is 26.2 Å². The van der Waals surface area contributed by atoms with Crippen molar-refractivity contribution in [1.82, 2.24) is 15.0 Å². The lowest BCUT2D eigenvalue weighted by molar-refractivity contribution is -0.0176. The highest BCUT2D eigenvalue weighted by Crippen LogP contribution is 2.26. The first-order chi connectivity index (χ1) is 10.1. The van der Waals surface area contributed by atoms with Crippen LogP contribution in [0.5, 0.6) is 0 Å². The first-order valence-electron chi connectivity index (χ1n) is 7.31. The molecule has 2 saturated heterocycles. The molecule has 2 aliphatic heterocycles. The average Bonchev–Trinajstić information content (AvgIpc) is 3.08. The first kappa shape index (κ1) is 14.7. The van der Waals surface area contributed by atoms with Crippen molar-refractivity contribution in [2.24, 2.45) is 0 Å². The van der Waals surface area contributed by atoms with Crippen molar-refractivity contribution < 1.29 is 9.84 Å². The van der Waals surface area contributed by atoms with Crippen molar-refractivity contribution in [3.8, 4) is 0 Å². The summed E-state index contributed by atoms with van der Waals surface area (Å²) in [5, 5.41) is 13.7. The Balaban J connectivity index is 1.70. The van der Waals surface area contributed by atoms with Gasteiger partial charge in [0.05, 0.1) is 6.10 Å². The van der Waals surface area contributed by atoms with Crippen molar-refractivity contribution >= 4 is 23.5 Å². The normalized spacial score (nSPS) is 29.1. The Labute approximate surface area is 128 Å². The summed E-state index contributed by atoms with van der Waals surface area (Å²) in [5.74, 6) is 0.988. The second-order valence-corrected chi connectivity index (χ2v) is 5.98. The molecule has 0 saturated carbocycles. The van der Waals surface area contributed by atoms with Gasteiger partial charge in [0, 0.05) is 32.7 Å². The Morgan fingerprint density at radius 3 is 2.81 bits per heavy atom. The molecular formula is C13H20ClN5O2. The molecule has 8 heteroatoms. The fourth-order valence-electron chi connectivity index (χ4n) is 2.71. The van der Waals surface area contributed by atoms with Crippen molar-refractivity contribution in [1.29, 1.82) is 0 Å². The lowest BCUT2D eigenvalue weighted by Gasteiger charge is -2.26. The van der Waals surface area contributed by atoms with Gasteiger partial charge in [-0.2, -0.15) is 15.0 Å². The zero-order valence-corrected chi connectivity index (χ0v) is 12.8. The molecule has 2 unspecified atom stereocenters. The number of hydrogen-bond donors (Lipinski definition) is 2. The number of rotatable bonds is 4. The van der Waals surface area contributed by atoms with Crippen molar-refractivity contribution in [3.05, 3.63) is 5.28 Å². The molecule has 21 heavy (non-hydrogen) atoms. The van der Waals surface area contributed by atoms with Gasteiger partial charge in [-0.3, -0.25) is 0 Å². The quantitative estimate of drug-likeness (QED) is 0.860. The molecule has 2 N–H and O–H groups in total. The number of halogens is 1. The van der Waals surface area contributed by atoms with Crippen LogP contribution in [0.2, 0.25) is 5.28 Å². The number of hydrogen-bond acceptors (Lipinski definition) is 7. The highest BCUT2D eigenvalue weighted by molar-refractivity contribution is 6.28. The maximum absolute atomic E-state index is 10.5. The third kappa shape index (κ3) is 3.20. The summed E-state index contributed by atoms with van der Waals surface area (Å²) in [5.41, 5.74) is -0.896. The molecule has 0 aliphatic carbocycles. The first-order valence-corrected chi connectivity index (χ1v) is 7.69. The lowest BCUT2D eigenvalue weighted by Crippen LogP contribution is -2.43. The minimum Gasteiger partial charge on any atom is -0.385 e. The van der Waals surface area contributed by atoms with Gasteiger partial charge >= 0.3 is 0 Å². The molecule has 2 fully saturated rings. The highest BCUT2D eigenvalue weighted by Gasteiger charge is 2.39. The summed E-state index contributed by atoms with van der Waals surface area (Å²) in [7, 11) is 0. The molecule has 0 aromatic carbocycles. The van der Waals surface area contributed by atoms with Gasteiger partial charge in [-0.05, 0) is 31.4 Å². The molecule has 0 bridgehead atoms. The van der Waals surface area contributed by atoms with Crippen LogP contribution >= 0.6 is 11.6 Å². The van der Waals surface area contributed by atoms with Gasteiger partial charge < -0.3 is 20.1 Å². The van der Waals surface area contributed by atoms with E-state index in [1.807, 2.05) is 6.92 Å². The van der Waals surface area contributed by atoms with E-state index >= 15 is 0 Å². The van der Waals surface area contributed by atoms with Crippen LogP contribution < -0.4 is 10.2 Å². The molecular weight excluding hydrogens is 294 g/mol. The maximum atomic E-state index is 10.5. The molecule has 0 amide bonds. The summed E-state index contributed by atoms with van der Waals surface area (Å²) in [6.45, 7) is 4.64. The Hall–Kier alpha value is -1.18. The average molecular weight is 314 g/mol. The number of nitrogens with zero attached hydrogens (tertiary/aromatic N) is 4. The van der Waals surface area contributed by atoms with Crippen LogP contribution in [-0.4, -0.2) is 58.0 Å². The number of aromatic nitrogens is 3. The van der Waals surface area contributed by atoms with Crippen molar-refractivity contribution in [2.75, 3.05) is 36.5 Å². The van der Waals surface area contributed by atoms with Crippen LogP contribution in [0.25, 0.3) is 0 Å². The van der Waals surface area contributed by atoms with E-state index in [-0.39, 0.29) is 11.4 Å². The Kier molecular flexibility index (Phi) is 4.14. The molecule has 116 valence electrons. The van der Waals surface area contributed by atoms with Crippen LogP contribution in [0, 0.1) is 0 Å². The molecule has 2 aliphatic rings. The third-order valence-electron chi connectivity index (χ3n) is 4.20. The molecule has 0 spiro atoms. The van der Waals surface area contributed by atoms with E-state index in [1.165, 1.54) is 0 Å². The van der Waals surface area contributed by atoms with Crippen LogP contribution in [-0.2, 0) is 4.74 Å². The Bertz CT molecular complexity index is 511. The summed E-state index contributed by atoms with van der Waals surface area (Å²) in [4.78, 5) is 14.7. The second-order valence-electron chi connectivity index (χ2n) is 5.64. The monoisotopic (exact) mass is 313 g/mol. The largest absolute Gasteiger partial charge is 0.385 e. The van der Waals surface area contributed by atoms with Gasteiger partial charge in [-0.1, -0.05) is 0 Å². The minimum atomic E-state index is -0.896. The maximum Gasteiger partial charge on any atom is 0.231 e. The zero-order chi connectivity index (χ0) is 14.9. The van der Waals surface area contributed by atoms with E-state index in [9.17, 15) is 5.11 Å². The van der Waals surface area contributed by atoms with Gasteiger partial charge in [-0.25, -0.2) is 0 Å². The molecule has 0 radical (unpaired) electrons. The van der Waals surface area contributed by atoms with Gasteiger partial charge in [0.1, 0.15) is 5.60 Å². The van der Waals surface area contributed by atoms with Gasteiger partial charge in [0.2, 0.25) is 17.2 Å². The topological polar surface area (TPSA) is 83.4 Å². The molecule has 7 nitrogen and oxygen atoms in total. The SMILES string of the molecule is CC1OCCC1(O)CNc1nc(Cl)nc(N2CCCC2)n1. The zero-order valence-electron chi connectivity index (χ0n) is 12.0. The Morgan fingerprint density at radius 1 is 1.38 bits per heavy atom. The number of anilines is 2. The lowest BCUT2D eigenvalue weighted by atomic mass is 9.97. The standard InChI is InChI=1S/C13H20ClN5O2/c1-9-13(20,4-7-21-9)8-15-11-16-10(14)17-12(18-11)19-5-2-3-6-19/h9,20H,2-8H2,1H3,(H,15,16,17,18). The van der Waals surface area contributed by atoms with E-state index in [0.717, 1.165) is 25.9 Å². The predicted octanol–water partition coefficient (Wildman–Crippen LogP) is 1.08. The van der Waals surface area contributed by atoms with E-state index in [4.69, 9.17) is 16.3 Å². The highest BCUT2D eigenvalue weighted by atomic mass is 35.5. The predicted molar refractivity (Wildman–Crippen MR) is 79.8 cm³/mol. The summed E-state index contributed by atoms with van der Waals surface area (Å²) >= 11 is 5.97. The van der Waals surface area contributed by atoms with Crippen LogP contribution in [0.15, 0.2) is 0 Å². The summed E-state index contributed by atoms with van der Waals surface area (Å²) in [6.07, 6.45) is 2.67. The van der Waals surface area contributed by atoms with E-state index < -0.39 is 5.60 Å². The molecule has 3 heterocycles. The van der Waals surface area contributed by atoms with Gasteiger partial charge in [0.15, 0.2) is 0 Å². The summed E-state index contributed by atoms with van der Waals surface area (Å²) < 4.78 is 5.41. The fraction of sp³-hybridized carbons (Fsp3) is 0.769. The van der Waals surface area contributed by atoms with Crippen LogP contribution in [0.4, 0.5) is 11.9 Å². The number of aliphatic hydroxyl groups is 1. The van der Waals surface area contributed by atoms with E-state index in [2.05, 4.69) is 25.2 Å².